The number of hydrogen-bond donors (Lipinski definition) is 0. The van der Waals surface area contributed by atoms with Gasteiger partial charge in [-0.15, -0.1) is 22.7 Å². The molecule has 0 fully saturated rings. The van der Waals surface area contributed by atoms with Gasteiger partial charge < -0.3 is 0 Å². The van der Waals surface area contributed by atoms with Crippen LogP contribution in [0.5, 0.6) is 0 Å². The number of nitriles is 2. The lowest BCUT2D eigenvalue weighted by atomic mass is 10.1. The molecule has 5 heteroatoms. The molecule has 0 bridgehead atoms. The van der Waals surface area contributed by atoms with E-state index in [-0.39, 0.29) is 5.57 Å². The fourth-order valence-corrected chi connectivity index (χ4v) is 15.1. The van der Waals surface area contributed by atoms with Crippen LogP contribution < -0.4 is 20.7 Å². The number of fused-ring (bicyclic) bond motifs is 7. The van der Waals surface area contributed by atoms with Crippen LogP contribution in [0.2, 0.25) is 0 Å². The van der Waals surface area contributed by atoms with Crippen LogP contribution in [-0.4, -0.2) is 8.07 Å². The molecule has 2 nitrogen and oxygen atoms in total. The zero-order valence-corrected chi connectivity index (χ0v) is 22.2. The molecule has 6 aromatic rings. The van der Waals surface area contributed by atoms with E-state index in [0.717, 1.165) is 5.56 Å². The van der Waals surface area contributed by atoms with E-state index in [2.05, 4.69) is 97.1 Å². The number of thiophene rings is 2. The quantitative estimate of drug-likeness (QED) is 0.214. The van der Waals surface area contributed by atoms with E-state index < -0.39 is 8.07 Å². The van der Waals surface area contributed by atoms with Gasteiger partial charge in [0, 0.05) is 19.2 Å². The number of benzene rings is 4. The van der Waals surface area contributed by atoms with Crippen molar-refractivity contribution in [3.8, 4) is 21.9 Å². The molecule has 3 heterocycles. The molecule has 0 radical (unpaired) electrons. The van der Waals surface area contributed by atoms with Crippen molar-refractivity contribution in [2.24, 2.45) is 0 Å². The molecule has 0 saturated heterocycles. The average Bonchev–Trinajstić information content (AvgIpc) is 3.60. The van der Waals surface area contributed by atoms with Gasteiger partial charge in [-0.3, -0.25) is 0 Å². The number of allylic oxidation sites excluding steroid dienone is 1. The molecule has 2 aromatic heterocycles. The highest BCUT2D eigenvalue weighted by atomic mass is 32.1. The zero-order chi connectivity index (χ0) is 25.0. The summed E-state index contributed by atoms with van der Waals surface area (Å²) in [6.07, 6.45) is 1.67. The fourth-order valence-electron chi connectivity index (χ4n) is 5.81. The molecule has 7 rings (SSSR count). The van der Waals surface area contributed by atoms with Gasteiger partial charge in [0.05, 0.1) is 0 Å². The maximum atomic E-state index is 9.26. The lowest BCUT2D eigenvalue weighted by molar-refractivity contribution is 1.47. The average molecular weight is 523 g/mol. The highest BCUT2D eigenvalue weighted by molar-refractivity contribution is 7.39. The minimum absolute atomic E-state index is 0.118. The highest BCUT2D eigenvalue weighted by Crippen LogP contribution is 2.44. The lowest BCUT2D eigenvalue weighted by Gasteiger charge is -2.31. The molecule has 0 N–H and O–H groups in total. The van der Waals surface area contributed by atoms with Crippen molar-refractivity contribution in [3.05, 3.63) is 114 Å². The van der Waals surface area contributed by atoms with E-state index in [9.17, 15) is 10.5 Å². The first-order valence-corrected chi connectivity index (χ1v) is 15.6. The first kappa shape index (κ1) is 22.0. The summed E-state index contributed by atoms with van der Waals surface area (Å²) < 4.78 is 2.52. The van der Waals surface area contributed by atoms with Gasteiger partial charge in [0.15, 0.2) is 8.07 Å². The number of hydrogen-bond acceptors (Lipinski definition) is 4. The summed E-state index contributed by atoms with van der Waals surface area (Å²) in [5.41, 5.74) is 1.00. The molecular weight excluding hydrogens is 505 g/mol. The van der Waals surface area contributed by atoms with Gasteiger partial charge in [-0.1, -0.05) is 91.0 Å². The molecule has 0 amide bonds. The van der Waals surface area contributed by atoms with Crippen molar-refractivity contribution in [2.75, 3.05) is 0 Å². The van der Waals surface area contributed by atoms with Gasteiger partial charge in [-0.25, -0.2) is 0 Å². The van der Waals surface area contributed by atoms with Crippen LogP contribution in [-0.2, 0) is 0 Å². The standard InChI is InChI=1S/C32H18N2S2Si/c33-19-22(20-34)17-21-15-16-26-28(18-21)36-30-29-31(25-13-7-8-14-27(25)35-29)37(32(26)30,23-9-3-1-4-10-23)24-11-5-2-6-12-24/h1-18H. The third kappa shape index (κ3) is 3.06. The summed E-state index contributed by atoms with van der Waals surface area (Å²) in [4.78, 5) is 2.76. The Bertz CT molecular complexity index is 1900. The summed E-state index contributed by atoms with van der Waals surface area (Å²) in [5, 5.41) is 26.9. The maximum absolute atomic E-state index is 9.26. The Labute approximate surface area is 223 Å². The Hall–Kier alpha value is -4.26. The van der Waals surface area contributed by atoms with Gasteiger partial charge in [-0.05, 0) is 55.3 Å². The second kappa shape index (κ2) is 8.40. The SMILES string of the molecule is N#CC(C#N)=Cc1ccc2c3c(sc2c1)-c1sc2ccccc2c1[Si]3(c1ccccc1)c1ccccc1. The van der Waals surface area contributed by atoms with Gasteiger partial charge in [-0.2, -0.15) is 10.5 Å². The predicted octanol–water partition coefficient (Wildman–Crippen LogP) is 5.90. The molecule has 0 unspecified atom stereocenters. The Morgan fingerprint density at radius 1 is 0.622 bits per heavy atom. The summed E-state index contributed by atoms with van der Waals surface area (Å²) in [6.45, 7) is 0. The molecule has 0 spiro atoms. The topological polar surface area (TPSA) is 47.6 Å². The van der Waals surface area contributed by atoms with E-state index in [4.69, 9.17) is 0 Å². The molecule has 172 valence electrons. The Morgan fingerprint density at radius 2 is 1.16 bits per heavy atom. The Balaban J connectivity index is 1.65. The van der Waals surface area contributed by atoms with E-state index in [1.54, 1.807) is 6.08 Å². The summed E-state index contributed by atoms with van der Waals surface area (Å²) in [7, 11) is -2.61. The molecule has 0 aliphatic carbocycles. The fraction of sp³-hybridized carbons (Fsp3) is 0. The van der Waals surface area contributed by atoms with Gasteiger partial charge in [0.2, 0.25) is 0 Å². The first-order chi connectivity index (χ1) is 18.3. The van der Waals surface area contributed by atoms with Gasteiger partial charge in [0.25, 0.3) is 0 Å². The van der Waals surface area contributed by atoms with Gasteiger partial charge >= 0.3 is 0 Å². The van der Waals surface area contributed by atoms with Crippen molar-refractivity contribution in [3.63, 3.8) is 0 Å². The largest absolute Gasteiger partial charge is 0.192 e. The Morgan fingerprint density at radius 3 is 1.78 bits per heavy atom. The summed E-state index contributed by atoms with van der Waals surface area (Å²) in [6, 6.07) is 41.3. The molecule has 0 atom stereocenters. The number of rotatable bonds is 3. The van der Waals surface area contributed by atoms with Crippen molar-refractivity contribution in [1.29, 1.82) is 10.5 Å². The monoisotopic (exact) mass is 522 g/mol. The smallest absolute Gasteiger partial charge is 0.184 e. The van der Waals surface area contributed by atoms with Crippen LogP contribution >= 0.6 is 22.7 Å². The van der Waals surface area contributed by atoms with Crippen molar-refractivity contribution in [2.45, 2.75) is 0 Å². The van der Waals surface area contributed by atoms with Crippen LogP contribution in [0.4, 0.5) is 0 Å². The van der Waals surface area contributed by atoms with Crippen LogP contribution in [0.15, 0.2) is 109 Å². The minimum atomic E-state index is -2.61. The summed E-state index contributed by atoms with van der Waals surface area (Å²) >= 11 is 3.75. The normalized spacial score (nSPS) is 13.0. The van der Waals surface area contributed by atoms with Crippen LogP contribution in [0, 0.1) is 22.7 Å². The van der Waals surface area contributed by atoms with E-state index >= 15 is 0 Å². The van der Waals surface area contributed by atoms with E-state index in [0.29, 0.717) is 0 Å². The van der Waals surface area contributed by atoms with Crippen LogP contribution in [0.1, 0.15) is 5.56 Å². The van der Waals surface area contributed by atoms with Crippen molar-refractivity contribution in [1.82, 2.24) is 0 Å². The molecule has 1 aliphatic rings. The second-order valence-corrected chi connectivity index (χ2v) is 14.9. The molecular formula is C32H18N2S2Si. The zero-order valence-electron chi connectivity index (χ0n) is 19.6. The predicted molar refractivity (Wildman–Crippen MR) is 159 cm³/mol. The molecule has 0 saturated carbocycles. The third-order valence-corrected chi connectivity index (χ3v) is 15.0. The summed E-state index contributed by atoms with van der Waals surface area (Å²) in [5.74, 6) is 0. The van der Waals surface area contributed by atoms with E-state index in [1.807, 2.05) is 40.9 Å². The van der Waals surface area contributed by atoms with Crippen LogP contribution in [0.3, 0.4) is 0 Å². The third-order valence-electron chi connectivity index (χ3n) is 7.23. The van der Waals surface area contributed by atoms with Crippen molar-refractivity contribution >= 4 is 77.7 Å². The second-order valence-electron chi connectivity index (χ2n) is 9.13. The maximum Gasteiger partial charge on any atom is 0.184 e. The molecule has 1 aliphatic heterocycles. The number of nitrogens with zero attached hydrogens (tertiary/aromatic N) is 2. The first-order valence-electron chi connectivity index (χ1n) is 12.0. The van der Waals surface area contributed by atoms with Crippen LogP contribution in [0.25, 0.3) is 36.0 Å². The van der Waals surface area contributed by atoms with Gasteiger partial charge in [0.1, 0.15) is 17.7 Å². The molecule has 37 heavy (non-hydrogen) atoms. The van der Waals surface area contributed by atoms with Crippen molar-refractivity contribution < 1.29 is 0 Å². The lowest BCUT2D eigenvalue weighted by Crippen LogP contribution is -2.72. The Kier molecular flexibility index (Phi) is 4.99. The molecule has 4 aromatic carbocycles. The highest BCUT2D eigenvalue weighted by Gasteiger charge is 2.52. The minimum Gasteiger partial charge on any atom is -0.192 e. The van der Waals surface area contributed by atoms with E-state index in [1.165, 1.54) is 50.7 Å².